The van der Waals surface area contributed by atoms with Gasteiger partial charge in [0.2, 0.25) is 0 Å². The Kier molecular flexibility index (Phi) is 7.41. The van der Waals surface area contributed by atoms with Gasteiger partial charge in [0.05, 0.1) is 11.1 Å². The van der Waals surface area contributed by atoms with E-state index in [0.717, 1.165) is 43.4 Å². The van der Waals surface area contributed by atoms with Crippen molar-refractivity contribution in [3.8, 4) is 0 Å². The normalized spacial score (nSPS) is 13.5. The third-order valence-electron chi connectivity index (χ3n) is 3.19. The molecule has 23 heavy (non-hydrogen) atoms. The van der Waals surface area contributed by atoms with E-state index in [1.165, 1.54) is 0 Å². The van der Waals surface area contributed by atoms with Gasteiger partial charge in [-0.25, -0.2) is 0 Å². The summed E-state index contributed by atoms with van der Waals surface area (Å²) < 4.78 is 78.8. The SMILES string of the molecule is CCCC/C(=C\[I+]c1cc(C(F)(F)F)cc(C(F)(F)F)c1)CC. The highest BCUT2D eigenvalue weighted by molar-refractivity contribution is 5.27. The Morgan fingerprint density at radius 3 is 1.87 bits per heavy atom. The Morgan fingerprint density at radius 2 is 1.48 bits per heavy atom. The van der Waals surface area contributed by atoms with Crippen LogP contribution in [0.4, 0.5) is 26.3 Å². The maximum atomic E-state index is 12.8. The third kappa shape index (κ3) is 6.73. The van der Waals surface area contributed by atoms with E-state index in [4.69, 9.17) is 0 Å². The number of hydrogen-bond acceptors (Lipinski definition) is 0. The van der Waals surface area contributed by atoms with Crippen molar-refractivity contribution in [2.24, 2.45) is 0 Å². The quantitative estimate of drug-likeness (QED) is 0.459. The lowest BCUT2D eigenvalue weighted by Gasteiger charge is -2.10. The fraction of sp³-hybridized carbons (Fsp3) is 0.500. The first-order valence-corrected chi connectivity index (χ1v) is 9.51. The summed E-state index contributed by atoms with van der Waals surface area (Å²) in [5, 5.41) is 0. The average Bonchev–Trinajstić information content (AvgIpc) is 2.45. The van der Waals surface area contributed by atoms with Crippen LogP contribution in [0.1, 0.15) is 50.7 Å². The van der Waals surface area contributed by atoms with E-state index in [-0.39, 0.29) is 9.64 Å². The predicted octanol–water partition coefficient (Wildman–Crippen LogP) is 3.47. The molecule has 0 aromatic heterocycles. The molecule has 0 saturated carbocycles. The lowest BCUT2D eigenvalue weighted by Crippen LogP contribution is -3.59. The van der Waals surface area contributed by atoms with Crippen LogP contribution in [-0.2, 0) is 12.4 Å². The summed E-state index contributed by atoms with van der Waals surface area (Å²) in [6, 6.07) is 1.85. The molecule has 0 aliphatic heterocycles. The molecule has 0 atom stereocenters. The van der Waals surface area contributed by atoms with Gasteiger partial charge in [0.15, 0.2) is 7.65 Å². The van der Waals surface area contributed by atoms with Gasteiger partial charge in [0, 0.05) is 12.1 Å². The zero-order valence-corrected chi connectivity index (χ0v) is 14.9. The monoisotopic (exact) mass is 451 g/mol. The second kappa shape index (κ2) is 8.39. The number of hydrogen-bond donors (Lipinski definition) is 0. The van der Waals surface area contributed by atoms with Gasteiger partial charge in [-0.1, -0.05) is 20.3 Å². The maximum absolute atomic E-state index is 12.8. The first-order valence-electron chi connectivity index (χ1n) is 7.18. The Balaban J connectivity index is 3.12. The predicted molar refractivity (Wildman–Crippen MR) is 73.0 cm³/mol. The van der Waals surface area contributed by atoms with Crippen molar-refractivity contribution >= 4 is 0 Å². The molecule has 0 saturated heterocycles. The minimum atomic E-state index is -4.78. The Hall–Kier alpha value is -0.730. The first-order chi connectivity index (χ1) is 10.6. The molecule has 0 radical (unpaired) electrons. The molecular weight excluding hydrogens is 433 g/mol. The molecule has 0 heterocycles. The van der Waals surface area contributed by atoms with E-state index in [9.17, 15) is 26.3 Å². The highest BCUT2D eigenvalue weighted by Gasteiger charge is 2.38. The molecule has 1 aromatic carbocycles. The Bertz CT molecular complexity index is 510. The molecule has 1 aromatic rings. The zero-order chi connectivity index (χ0) is 17.7. The summed E-state index contributed by atoms with van der Waals surface area (Å²) in [5.41, 5.74) is -1.37. The highest BCUT2D eigenvalue weighted by Crippen LogP contribution is 2.35. The van der Waals surface area contributed by atoms with Crippen LogP contribution in [0.5, 0.6) is 0 Å². The van der Waals surface area contributed by atoms with Crippen molar-refractivity contribution in [3.05, 3.63) is 42.6 Å². The van der Waals surface area contributed by atoms with Gasteiger partial charge in [0.25, 0.3) is 0 Å². The molecule has 130 valence electrons. The van der Waals surface area contributed by atoms with Crippen LogP contribution in [0.15, 0.2) is 27.9 Å². The fourth-order valence-corrected chi connectivity index (χ4v) is 4.41. The van der Waals surface area contributed by atoms with Crippen LogP contribution in [0, 0.1) is 3.57 Å². The van der Waals surface area contributed by atoms with E-state index in [1.807, 2.05) is 17.9 Å². The summed E-state index contributed by atoms with van der Waals surface area (Å²) in [7, 11) is 0. The van der Waals surface area contributed by atoms with E-state index in [0.29, 0.717) is 0 Å². The second-order valence-electron chi connectivity index (χ2n) is 5.06. The van der Waals surface area contributed by atoms with Gasteiger partial charge in [0.1, 0.15) is 0 Å². The second-order valence-corrected chi connectivity index (χ2v) is 7.55. The smallest absolute Gasteiger partial charge is 0.166 e. The van der Waals surface area contributed by atoms with Crippen LogP contribution in [0.25, 0.3) is 0 Å². The Labute approximate surface area is 142 Å². The van der Waals surface area contributed by atoms with Gasteiger partial charge < -0.3 is 0 Å². The number of allylic oxidation sites excluding steroid dienone is 1. The highest BCUT2D eigenvalue weighted by atomic mass is 127. The van der Waals surface area contributed by atoms with E-state index in [2.05, 4.69) is 0 Å². The summed E-state index contributed by atoms with van der Waals surface area (Å²) in [6.45, 7) is 3.98. The summed E-state index contributed by atoms with van der Waals surface area (Å²) >= 11 is -1.03. The minimum absolute atomic E-state index is 0.133. The van der Waals surface area contributed by atoms with E-state index in [1.54, 1.807) is 0 Å². The van der Waals surface area contributed by atoms with Gasteiger partial charge in [-0.15, -0.1) is 0 Å². The van der Waals surface area contributed by atoms with Gasteiger partial charge in [-0.2, -0.15) is 26.3 Å². The molecular formula is C16H18F6I+. The van der Waals surface area contributed by atoms with Gasteiger partial charge in [-0.3, -0.25) is 0 Å². The number of unbranched alkanes of at least 4 members (excludes halogenated alkanes) is 1. The van der Waals surface area contributed by atoms with Crippen molar-refractivity contribution in [1.29, 1.82) is 0 Å². The summed E-state index contributed by atoms with van der Waals surface area (Å²) in [4.78, 5) is 0. The van der Waals surface area contributed by atoms with Crippen LogP contribution in [0.3, 0.4) is 0 Å². The average molecular weight is 451 g/mol. The summed E-state index contributed by atoms with van der Waals surface area (Å²) in [5.74, 6) is 0. The molecule has 0 nitrogen and oxygen atoms in total. The summed E-state index contributed by atoms with van der Waals surface area (Å²) in [6.07, 6.45) is -5.97. The largest absolute Gasteiger partial charge is 0.416 e. The molecule has 0 bridgehead atoms. The first kappa shape index (κ1) is 20.3. The van der Waals surface area contributed by atoms with Crippen molar-refractivity contribution in [2.45, 2.75) is 51.9 Å². The molecule has 7 heteroatoms. The van der Waals surface area contributed by atoms with Gasteiger partial charge in [-0.05, 0) is 30.9 Å². The van der Waals surface area contributed by atoms with Crippen LogP contribution in [-0.4, -0.2) is 0 Å². The number of alkyl halides is 6. The maximum Gasteiger partial charge on any atom is 0.416 e. The fourth-order valence-electron chi connectivity index (χ4n) is 1.83. The lowest BCUT2D eigenvalue weighted by molar-refractivity contribution is -0.558. The molecule has 0 amide bonds. The topological polar surface area (TPSA) is 0 Å². The van der Waals surface area contributed by atoms with Crippen LogP contribution in [0.2, 0.25) is 0 Å². The third-order valence-corrected chi connectivity index (χ3v) is 5.73. The van der Waals surface area contributed by atoms with Crippen LogP contribution >= 0.6 is 0 Å². The van der Waals surface area contributed by atoms with Crippen molar-refractivity contribution in [1.82, 2.24) is 0 Å². The Morgan fingerprint density at radius 1 is 0.957 bits per heavy atom. The number of rotatable bonds is 6. The van der Waals surface area contributed by atoms with Crippen molar-refractivity contribution < 1.29 is 47.5 Å². The number of halogens is 7. The molecule has 0 aliphatic rings. The van der Waals surface area contributed by atoms with E-state index >= 15 is 0 Å². The minimum Gasteiger partial charge on any atom is -0.166 e. The molecule has 0 spiro atoms. The van der Waals surface area contributed by atoms with Gasteiger partial charge >= 0.3 is 33.6 Å². The van der Waals surface area contributed by atoms with Crippen molar-refractivity contribution in [2.75, 3.05) is 0 Å². The number of benzene rings is 1. The standard InChI is InChI=1S/C16H18F6I/c1-3-5-6-11(4-2)10-23-14-8-12(15(17,18)19)7-13(9-14)16(20,21)22/h7-10H,3-6H2,1-2H3/q+1/b11-10-. The molecule has 0 aliphatic carbocycles. The molecule has 1 rings (SSSR count). The molecule has 0 N–H and O–H groups in total. The lowest BCUT2D eigenvalue weighted by atomic mass is 10.1. The molecule has 0 unspecified atom stereocenters. The molecule has 0 fully saturated rings. The van der Waals surface area contributed by atoms with Crippen molar-refractivity contribution in [3.63, 3.8) is 0 Å². The zero-order valence-electron chi connectivity index (χ0n) is 12.8. The van der Waals surface area contributed by atoms with Crippen LogP contribution < -0.4 is 21.2 Å². The van der Waals surface area contributed by atoms with E-state index < -0.39 is 44.7 Å².